The number of hydrogen-bond donors (Lipinski definition) is 1. The zero-order valence-electron chi connectivity index (χ0n) is 15.2. The van der Waals surface area contributed by atoms with E-state index in [4.69, 9.17) is 10.00 Å². The first-order valence-electron chi connectivity index (χ1n) is 9.00. The highest BCUT2D eigenvalue weighted by Crippen LogP contribution is 2.20. The van der Waals surface area contributed by atoms with Gasteiger partial charge in [-0.15, -0.1) is 0 Å². The van der Waals surface area contributed by atoms with Crippen molar-refractivity contribution < 1.29 is 4.74 Å². The number of nitriles is 1. The number of methoxy groups -OCH3 is 1. The van der Waals surface area contributed by atoms with E-state index in [0.717, 1.165) is 57.1 Å². The van der Waals surface area contributed by atoms with Gasteiger partial charge in [-0.25, -0.2) is 4.98 Å². The average molecular weight is 351 g/mol. The van der Waals surface area contributed by atoms with Crippen molar-refractivity contribution in [3.05, 3.63) is 48.3 Å². The first kappa shape index (κ1) is 18.0. The molecule has 0 atom stereocenters. The Labute approximate surface area is 155 Å². The number of aromatic nitrogens is 1. The highest BCUT2D eigenvalue weighted by molar-refractivity contribution is 5.49. The maximum absolute atomic E-state index is 8.75. The summed E-state index contributed by atoms with van der Waals surface area (Å²) in [5.41, 5.74) is 2.68. The van der Waals surface area contributed by atoms with E-state index in [9.17, 15) is 0 Å². The molecular weight excluding hydrogens is 326 g/mol. The molecule has 1 N–H and O–H groups in total. The third-order valence-corrected chi connectivity index (χ3v) is 4.67. The van der Waals surface area contributed by atoms with Crippen LogP contribution in [-0.4, -0.2) is 56.3 Å². The summed E-state index contributed by atoms with van der Waals surface area (Å²) in [6.07, 6.45) is 2.80. The molecule has 2 heterocycles. The Bertz CT molecular complexity index is 715. The highest BCUT2D eigenvalue weighted by atomic mass is 16.5. The van der Waals surface area contributed by atoms with Gasteiger partial charge in [-0.3, -0.25) is 4.90 Å². The van der Waals surface area contributed by atoms with Gasteiger partial charge in [0.2, 0.25) is 0 Å². The van der Waals surface area contributed by atoms with Crippen molar-refractivity contribution in [2.75, 3.05) is 56.6 Å². The van der Waals surface area contributed by atoms with Gasteiger partial charge in [0.15, 0.2) is 0 Å². The molecule has 0 bridgehead atoms. The Morgan fingerprint density at radius 3 is 2.50 bits per heavy atom. The zero-order chi connectivity index (χ0) is 18.2. The summed E-state index contributed by atoms with van der Waals surface area (Å²) >= 11 is 0. The van der Waals surface area contributed by atoms with Crippen molar-refractivity contribution in [1.82, 2.24) is 9.88 Å². The Kier molecular flexibility index (Phi) is 6.29. The minimum atomic E-state index is 0.449. The minimum absolute atomic E-state index is 0.449. The van der Waals surface area contributed by atoms with Crippen LogP contribution in [0.1, 0.15) is 12.1 Å². The molecule has 0 unspecified atom stereocenters. The molecule has 2 aromatic rings. The molecule has 0 spiro atoms. The molecule has 0 amide bonds. The molecule has 1 aliphatic heterocycles. The molecule has 0 radical (unpaired) electrons. The van der Waals surface area contributed by atoms with E-state index in [2.05, 4.69) is 32.2 Å². The number of benzene rings is 1. The zero-order valence-corrected chi connectivity index (χ0v) is 15.2. The summed E-state index contributed by atoms with van der Waals surface area (Å²) in [5, 5.41) is 12.1. The van der Waals surface area contributed by atoms with Gasteiger partial charge in [0.05, 0.1) is 19.0 Å². The second kappa shape index (κ2) is 9.07. The second-order valence-electron chi connectivity index (χ2n) is 6.35. The van der Waals surface area contributed by atoms with Gasteiger partial charge >= 0.3 is 0 Å². The van der Waals surface area contributed by atoms with Gasteiger partial charge in [0, 0.05) is 38.4 Å². The molecule has 6 nitrogen and oxygen atoms in total. The third-order valence-electron chi connectivity index (χ3n) is 4.67. The summed E-state index contributed by atoms with van der Waals surface area (Å²) in [6, 6.07) is 14.0. The van der Waals surface area contributed by atoms with Crippen LogP contribution in [0.4, 0.5) is 11.4 Å². The first-order chi connectivity index (χ1) is 12.8. The van der Waals surface area contributed by atoms with Crippen molar-refractivity contribution in [3.8, 4) is 11.8 Å². The van der Waals surface area contributed by atoms with Gasteiger partial charge in [0.1, 0.15) is 17.5 Å². The number of pyridine rings is 1. The molecule has 1 aromatic carbocycles. The minimum Gasteiger partial charge on any atom is -0.497 e. The number of hydrogen-bond acceptors (Lipinski definition) is 6. The van der Waals surface area contributed by atoms with E-state index in [1.165, 1.54) is 5.69 Å². The van der Waals surface area contributed by atoms with Crippen LogP contribution >= 0.6 is 0 Å². The monoisotopic (exact) mass is 351 g/mol. The van der Waals surface area contributed by atoms with Crippen molar-refractivity contribution in [1.29, 1.82) is 5.26 Å². The third kappa shape index (κ3) is 4.87. The van der Waals surface area contributed by atoms with Gasteiger partial charge in [-0.1, -0.05) is 0 Å². The van der Waals surface area contributed by atoms with Crippen LogP contribution in [-0.2, 0) is 0 Å². The van der Waals surface area contributed by atoms with Crippen LogP contribution in [0, 0.1) is 11.3 Å². The van der Waals surface area contributed by atoms with E-state index in [-0.39, 0.29) is 0 Å². The van der Waals surface area contributed by atoms with Crippen LogP contribution in [0.3, 0.4) is 0 Å². The lowest BCUT2D eigenvalue weighted by molar-refractivity contribution is 0.257. The van der Waals surface area contributed by atoms with Gasteiger partial charge < -0.3 is 15.0 Å². The number of anilines is 2. The largest absolute Gasteiger partial charge is 0.497 e. The van der Waals surface area contributed by atoms with E-state index in [1.54, 1.807) is 19.4 Å². The number of rotatable bonds is 7. The van der Waals surface area contributed by atoms with E-state index >= 15 is 0 Å². The number of nitrogens with zero attached hydrogens (tertiary/aromatic N) is 4. The van der Waals surface area contributed by atoms with Gasteiger partial charge in [-0.05, 0) is 49.4 Å². The topological polar surface area (TPSA) is 64.4 Å². The van der Waals surface area contributed by atoms with Crippen LogP contribution in [0.2, 0.25) is 0 Å². The molecular formula is C20H25N5O. The maximum atomic E-state index is 8.75. The fraction of sp³-hybridized carbons (Fsp3) is 0.400. The summed E-state index contributed by atoms with van der Waals surface area (Å²) in [4.78, 5) is 9.01. The quantitative estimate of drug-likeness (QED) is 0.774. The summed E-state index contributed by atoms with van der Waals surface area (Å²) < 4.78 is 5.22. The van der Waals surface area contributed by atoms with Crippen LogP contribution in [0.25, 0.3) is 0 Å². The lowest BCUT2D eigenvalue weighted by Crippen LogP contribution is -2.46. The normalized spacial score (nSPS) is 14.7. The Morgan fingerprint density at radius 2 is 1.88 bits per heavy atom. The van der Waals surface area contributed by atoms with Gasteiger partial charge in [0.25, 0.3) is 0 Å². The van der Waals surface area contributed by atoms with Crippen molar-refractivity contribution in [2.24, 2.45) is 0 Å². The molecule has 136 valence electrons. The smallest absolute Gasteiger partial charge is 0.140 e. The Morgan fingerprint density at radius 1 is 1.12 bits per heavy atom. The predicted octanol–water partition coefficient (Wildman–Crippen LogP) is 2.59. The highest BCUT2D eigenvalue weighted by Gasteiger charge is 2.16. The number of nitrogens with one attached hydrogen (secondary N) is 1. The van der Waals surface area contributed by atoms with Crippen molar-refractivity contribution in [2.45, 2.75) is 6.42 Å². The fourth-order valence-corrected chi connectivity index (χ4v) is 3.12. The average Bonchev–Trinajstić information content (AvgIpc) is 2.72. The lowest BCUT2D eigenvalue weighted by Gasteiger charge is -2.36. The van der Waals surface area contributed by atoms with Crippen LogP contribution in [0.15, 0.2) is 42.6 Å². The van der Waals surface area contributed by atoms with Gasteiger partial charge in [-0.2, -0.15) is 5.26 Å². The SMILES string of the molecule is COc1ccc(N2CCN(CCCNc3ccc(C#N)nc3)CC2)cc1. The molecule has 1 aliphatic rings. The fourth-order valence-electron chi connectivity index (χ4n) is 3.12. The van der Waals surface area contributed by atoms with E-state index in [0.29, 0.717) is 5.69 Å². The molecule has 6 heteroatoms. The Hall–Kier alpha value is -2.78. The van der Waals surface area contributed by atoms with Crippen molar-refractivity contribution >= 4 is 11.4 Å². The number of piperazine rings is 1. The molecule has 26 heavy (non-hydrogen) atoms. The summed E-state index contributed by atoms with van der Waals surface area (Å²) in [5.74, 6) is 0.900. The first-order valence-corrected chi connectivity index (χ1v) is 9.00. The summed E-state index contributed by atoms with van der Waals surface area (Å²) in [7, 11) is 1.69. The molecule has 0 aliphatic carbocycles. The lowest BCUT2D eigenvalue weighted by atomic mass is 10.2. The molecule has 3 rings (SSSR count). The van der Waals surface area contributed by atoms with Crippen LogP contribution in [0.5, 0.6) is 5.75 Å². The second-order valence-corrected chi connectivity index (χ2v) is 6.35. The van der Waals surface area contributed by atoms with E-state index < -0.39 is 0 Å². The molecule has 1 saturated heterocycles. The molecule has 1 fully saturated rings. The van der Waals surface area contributed by atoms with Crippen molar-refractivity contribution in [3.63, 3.8) is 0 Å². The summed E-state index contributed by atoms with van der Waals surface area (Å²) in [6.45, 7) is 6.28. The molecule has 1 aromatic heterocycles. The number of ether oxygens (including phenoxy) is 1. The Balaban J connectivity index is 1.35. The van der Waals surface area contributed by atoms with E-state index in [1.807, 2.05) is 24.3 Å². The van der Waals surface area contributed by atoms with Crippen LogP contribution < -0.4 is 15.0 Å². The standard InChI is InChI=1S/C20H25N5O/c1-26-20-7-5-19(6-8-20)25-13-11-24(12-14-25)10-2-9-22-18-4-3-17(15-21)23-16-18/h3-8,16,22H,2,9-14H2,1H3. The predicted molar refractivity (Wildman–Crippen MR) is 104 cm³/mol. The molecule has 0 saturated carbocycles. The maximum Gasteiger partial charge on any atom is 0.140 e.